The van der Waals surface area contributed by atoms with E-state index >= 15 is 0 Å². The summed E-state index contributed by atoms with van der Waals surface area (Å²) in [7, 11) is 6.02. The van der Waals surface area contributed by atoms with Gasteiger partial charge in [-0.15, -0.1) is 0 Å². The maximum atomic E-state index is 4.45. The molecule has 0 aliphatic carbocycles. The van der Waals surface area contributed by atoms with Gasteiger partial charge in [0.1, 0.15) is 0 Å². The molecule has 1 unspecified atom stereocenters. The third-order valence-electron chi connectivity index (χ3n) is 4.94. The number of aryl methyl sites for hydroxylation is 1. The summed E-state index contributed by atoms with van der Waals surface area (Å²) in [6, 6.07) is 2.76. The molecule has 128 valence electrons. The van der Waals surface area contributed by atoms with Crippen molar-refractivity contribution in [2.75, 3.05) is 53.4 Å². The van der Waals surface area contributed by atoms with Crippen molar-refractivity contribution in [2.45, 2.75) is 12.6 Å². The molecule has 3 aliphatic rings. The first kappa shape index (κ1) is 16.8. The molecule has 3 saturated heterocycles. The summed E-state index contributed by atoms with van der Waals surface area (Å²) in [5.41, 5.74) is 1.26. The highest BCUT2D eigenvalue weighted by atomic mass is 79.9. The molecule has 3 fully saturated rings. The van der Waals surface area contributed by atoms with Gasteiger partial charge in [-0.2, -0.15) is 0 Å². The summed E-state index contributed by atoms with van der Waals surface area (Å²) in [4.78, 5) is 11.8. The fourth-order valence-corrected chi connectivity index (χ4v) is 4.12. The fourth-order valence-electron chi connectivity index (χ4n) is 3.55. The predicted octanol–water partition coefficient (Wildman–Crippen LogP) is 0.795. The molecule has 4 rings (SSSR count). The molecule has 7 heteroatoms. The van der Waals surface area contributed by atoms with Crippen molar-refractivity contribution in [1.82, 2.24) is 24.6 Å². The molecule has 0 amide bonds. The van der Waals surface area contributed by atoms with Crippen LogP contribution in [0.15, 0.2) is 21.7 Å². The first-order valence-corrected chi connectivity index (χ1v) is 9.05. The molecule has 0 spiro atoms. The van der Waals surface area contributed by atoms with Gasteiger partial charge >= 0.3 is 0 Å². The summed E-state index contributed by atoms with van der Waals surface area (Å²) < 4.78 is 3.26. The molecule has 3 aliphatic heterocycles. The lowest BCUT2D eigenvalue weighted by Crippen LogP contribution is -2.63. The van der Waals surface area contributed by atoms with E-state index < -0.39 is 0 Å². The van der Waals surface area contributed by atoms with Crippen molar-refractivity contribution in [3.63, 3.8) is 0 Å². The summed E-state index contributed by atoms with van der Waals surface area (Å²) in [5, 5.41) is 3.56. The number of halogens is 1. The van der Waals surface area contributed by atoms with Crippen LogP contribution in [0.2, 0.25) is 0 Å². The van der Waals surface area contributed by atoms with Crippen LogP contribution in [0.4, 0.5) is 0 Å². The van der Waals surface area contributed by atoms with E-state index in [-0.39, 0.29) is 0 Å². The van der Waals surface area contributed by atoms with Crippen LogP contribution in [0.3, 0.4) is 0 Å². The Bertz CT molecular complexity index is 561. The molecular formula is C16H27BrN6. The average molecular weight is 383 g/mol. The fraction of sp³-hybridized carbons (Fsp3) is 0.688. The van der Waals surface area contributed by atoms with Crippen LogP contribution >= 0.6 is 15.9 Å². The number of aliphatic imine (C=N–C) groups is 1. The van der Waals surface area contributed by atoms with Crippen LogP contribution in [-0.2, 0) is 13.6 Å². The van der Waals surface area contributed by atoms with E-state index in [1.54, 1.807) is 0 Å². The Morgan fingerprint density at radius 3 is 2.65 bits per heavy atom. The number of nitrogens with zero attached hydrogens (tertiary/aromatic N) is 5. The Kier molecular flexibility index (Phi) is 5.28. The zero-order chi connectivity index (χ0) is 16.4. The maximum absolute atomic E-state index is 4.45. The molecule has 6 nitrogen and oxygen atoms in total. The summed E-state index contributed by atoms with van der Waals surface area (Å²) >= 11 is 3.53. The summed E-state index contributed by atoms with van der Waals surface area (Å²) in [5.74, 6) is 0.958. The molecule has 1 N–H and O–H groups in total. The second-order valence-corrected chi connectivity index (χ2v) is 7.45. The van der Waals surface area contributed by atoms with Crippen molar-refractivity contribution >= 4 is 21.9 Å². The Morgan fingerprint density at radius 2 is 2.13 bits per heavy atom. The number of aromatic nitrogens is 1. The lowest BCUT2D eigenvalue weighted by atomic mass is 10.1. The predicted molar refractivity (Wildman–Crippen MR) is 97.7 cm³/mol. The van der Waals surface area contributed by atoms with E-state index in [2.05, 4.69) is 71.9 Å². The normalized spacial score (nSPS) is 27.3. The minimum Gasteiger partial charge on any atom is -0.355 e. The van der Waals surface area contributed by atoms with E-state index in [0.717, 1.165) is 23.5 Å². The van der Waals surface area contributed by atoms with Crippen LogP contribution in [-0.4, -0.2) is 84.6 Å². The number of hydrogen-bond acceptors (Lipinski definition) is 3. The first-order valence-electron chi connectivity index (χ1n) is 8.25. The number of piperazine rings is 3. The van der Waals surface area contributed by atoms with Crippen molar-refractivity contribution in [3.8, 4) is 0 Å². The van der Waals surface area contributed by atoms with Gasteiger partial charge in [0.05, 0.1) is 6.54 Å². The molecule has 1 aromatic heterocycles. The van der Waals surface area contributed by atoms with E-state index in [9.17, 15) is 0 Å². The van der Waals surface area contributed by atoms with Crippen molar-refractivity contribution in [2.24, 2.45) is 12.0 Å². The van der Waals surface area contributed by atoms with Gasteiger partial charge in [0.25, 0.3) is 0 Å². The Labute approximate surface area is 147 Å². The number of hydrogen-bond donors (Lipinski definition) is 1. The Balaban J connectivity index is 1.54. The Morgan fingerprint density at radius 1 is 1.39 bits per heavy atom. The lowest BCUT2D eigenvalue weighted by Gasteiger charge is -2.47. The van der Waals surface area contributed by atoms with Gasteiger partial charge in [-0.1, -0.05) is 0 Å². The van der Waals surface area contributed by atoms with E-state index in [4.69, 9.17) is 0 Å². The van der Waals surface area contributed by atoms with Crippen molar-refractivity contribution in [1.29, 1.82) is 0 Å². The smallest absolute Gasteiger partial charge is 0.193 e. The van der Waals surface area contributed by atoms with Crippen LogP contribution in [0.1, 0.15) is 5.69 Å². The number of rotatable bonds is 4. The third kappa shape index (κ3) is 3.89. The third-order valence-corrected chi connectivity index (χ3v) is 5.37. The molecule has 0 radical (unpaired) electrons. The SMILES string of the molecule is CN=C(NCC1CN2CCN1CC2)N(C)Cc1cc(Br)cn1C. The zero-order valence-corrected chi connectivity index (χ0v) is 15.9. The van der Waals surface area contributed by atoms with E-state index in [1.165, 1.54) is 38.4 Å². The number of fused-ring (bicyclic) bond motifs is 3. The highest BCUT2D eigenvalue weighted by Gasteiger charge is 2.31. The first-order chi connectivity index (χ1) is 11.1. The quantitative estimate of drug-likeness (QED) is 0.617. The van der Waals surface area contributed by atoms with Crippen LogP contribution in [0.5, 0.6) is 0 Å². The van der Waals surface area contributed by atoms with Gasteiger partial charge in [-0.05, 0) is 22.0 Å². The van der Waals surface area contributed by atoms with Crippen molar-refractivity contribution in [3.05, 3.63) is 22.4 Å². The zero-order valence-electron chi connectivity index (χ0n) is 14.3. The maximum Gasteiger partial charge on any atom is 0.193 e. The standard InChI is InChI=1S/C16H27BrN6/c1-18-16(21(3)11-14-8-13(17)10-20(14)2)19-9-15-12-22-4-6-23(15)7-5-22/h8,10,15H,4-7,9,11-12H2,1-3H3,(H,18,19). The number of nitrogens with one attached hydrogen (secondary N) is 1. The summed E-state index contributed by atoms with van der Waals surface area (Å²) in [6.45, 7) is 7.85. The van der Waals surface area contributed by atoms with Gasteiger partial charge in [0.2, 0.25) is 0 Å². The topological polar surface area (TPSA) is 39.0 Å². The molecule has 1 atom stereocenters. The Hall–Kier alpha value is -1.05. The highest BCUT2D eigenvalue weighted by molar-refractivity contribution is 9.10. The molecule has 23 heavy (non-hydrogen) atoms. The lowest BCUT2D eigenvalue weighted by molar-refractivity contribution is 0.0152. The minimum atomic E-state index is 0.604. The van der Waals surface area contributed by atoms with Crippen LogP contribution in [0, 0.1) is 0 Å². The van der Waals surface area contributed by atoms with Gasteiger partial charge in [0.15, 0.2) is 5.96 Å². The second kappa shape index (κ2) is 7.23. The van der Waals surface area contributed by atoms with Crippen molar-refractivity contribution < 1.29 is 0 Å². The van der Waals surface area contributed by atoms with Gasteiger partial charge in [-0.3, -0.25) is 14.8 Å². The number of guanidine groups is 1. The van der Waals surface area contributed by atoms with Gasteiger partial charge in [-0.25, -0.2) is 0 Å². The molecule has 2 bridgehead atoms. The van der Waals surface area contributed by atoms with Gasteiger partial charge in [0, 0.05) is 82.8 Å². The largest absolute Gasteiger partial charge is 0.355 e. The van der Waals surface area contributed by atoms with Crippen LogP contribution in [0.25, 0.3) is 0 Å². The van der Waals surface area contributed by atoms with E-state index in [1.807, 2.05) is 7.05 Å². The van der Waals surface area contributed by atoms with Crippen LogP contribution < -0.4 is 5.32 Å². The van der Waals surface area contributed by atoms with E-state index in [0.29, 0.717) is 6.04 Å². The molecule has 4 heterocycles. The molecule has 0 aromatic carbocycles. The van der Waals surface area contributed by atoms with Gasteiger partial charge < -0.3 is 14.8 Å². The monoisotopic (exact) mass is 382 g/mol. The highest BCUT2D eigenvalue weighted by Crippen LogP contribution is 2.16. The molecule has 0 saturated carbocycles. The molecular weight excluding hydrogens is 356 g/mol. The molecule has 1 aromatic rings. The second-order valence-electron chi connectivity index (χ2n) is 6.54. The summed E-state index contributed by atoms with van der Waals surface area (Å²) in [6.07, 6.45) is 2.08. The minimum absolute atomic E-state index is 0.604. The average Bonchev–Trinajstić information content (AvgIpc) is 2.86.